The normalized spacial score (nSPS) is 17.2. The van der Waals surface area contributed by atoms with E-state index in [1.165, 1.54) is 4.57 Å². The van der Waals surface area contributed by atoms with Crippen LogP contribution in [0.1, 0.15) is 59.3 Å². The van der Waals surface area contributed by atoms with Crippen LogP contribution in [-0.4, -0.2) is 15.3 Å². The van der Waals surface area contributed by atoms with Crippen LogP contribution in [0.15, 0.2) is 63.7 Å². The monoisotopic (exact) mass is 413 g/mol. The number of allylic oxidation sites excluding steroid dienone is 1. The standard InChI is InChI=1S/C25H23N3O3/c1-25(2,3)14-11-9-13(10-12-14)17-18-20(15-7-5-6-8-16(15)21(18)29)26-22-19(17)23(30)27-24(31)28(22)4/h5-12,17,26H,1-4H3,(H,27,30,31)/t17-/m0/s1. The molecule has 0 radical (unpaired) electrons. The zero-order valence-corrected chi connectivity index (χ0v) is 17.9. The van der Waals surface area contributed by atoms with Gasteiger partial charge in [0.15, 0.2) is 5.78 Å². The van der Waals surface area contributed by atoms with Crippen molar-refractivity contribution in [2.24, 2.45) is 7.05 Å². The van der Waals surface area contributed by atoms with Crippen LogP contribution in [0.3, 0.4) is 0 Å². The number of Topliss-reactive ketones (excluding diaryl/α,β-unsaturated/α-hetero) is 1. The Morgan fingerprint density at radius 1 is 0.903 bits per heavy atom. The summed E-state index contributed by atoms with van der Waals surface area (Å²) in [5.74, 6) is -0.250. The van der Waals surface area contributed by atoms with Gasteiger partial charge in [0.2, 0.25) is 0 Å². The minimum atomic E-state index is -0.573. The molecule has 6 nitrogen and oxygen atoms in total. The molecule has 0 fully saturated rings. The Balaban J connectivity index is 1.80. The molecule has 2 N–H and O–H groups in total. The fourth-order valence-electron chi connectivity index (χ4n) is 4.54. The van der Waals surface area contributed by atoms with Gasteiger partial charge in [-0.3, -0.25) is 19.1 Å². The summed E-state index contributed by atoms with van der Waals surface area (Å²) in [6, 6.07) is 15.4. The number of H-pyrrole nitrogens is 1. The van der Waals surface area contributed by atoms with E-state index < -0.39 is 17.2 Å². The number of aromatic nitrogens is 2. The maximum absolute atomic E-state index is 13.4. The number of anilines is 1. The molecule has 2 aromatic carbocycles. The Bertz CT molecular complexity index is 1400. The van der Waals surface area contributed by atoms with Crippen molar-refractivity contribution in [2.75, 3.05) is 5.32 Å². The molecule has 6 heteroatoms. The van der Waals surface area contributed by atoms with Crippen molar-refractivity contribution in [3.63, 3.8) is 0 Å². The number of nitrogens with one attached hydrogen (secondary N) is 2. The Morgan fingerprint density at radius 2 is 1.55 bits per heavy atom. The topological polar surface area (TPSA) is 84.0 Å². The van der Waals surface area contributed by atoms with Crippen LogP contribution < -0.4 is 16.6 Å². The number of rotatable bonds is 1. The van der Waals surface area contributed by atoms with Crippen molar-refractivity contribution in [1.29, 1.82) is 0 Å². The highest BCUT2D eigenvalue weighted by Gasteiger charge is 2.42. The average molecular weight is 413 g/mol. The Hall–Kier alpha value is -3.67. The fraction of sp³-hybridized carbons (Fsp3) is 0.240. The summed E-state index contributed by atoms with van der Waals surface area (Å²) in [6.45, 7) is 6.42. The zero-order valence-electron chi connectivity index (χ0n) is 17.9. The molecule has 1 atom stereocenters. The maximum atomic E-state index is 13.4. The van der Waals surface area contributed by atoms with Crippen LogP contribution in [-0.2, 0) is 12.5 Å². The van der Waals surface area contributed by atoms with Crippen molar-refractivity contribution in [3.05, 3.63) is 103 Å². The van der Waals surface area contributed by atoms with Crippen LogP contribution in [0.5, 0.6) is 0 Å². The molecular formula is C25H23N3O3. The Morgan fingerprint density at radius 3 is 2.19 bits per heavy atom. The molecule has 0 spiro atoms. The first-order valence-corrected chi connectivity index (χ1v) is 10.3. The van der Waals surface area contributed by atoms with Gasteiger partial charge < -0.3 is 5.32 Å². The second kappa shape index (κ2) is 6.41. The number of nitrogens with zero attached hydrogens (tertiary/aromatic N) is 1. The van der Waals surface area contributed by atoms with Gasteiger partial charge in [-0.15, -0.1) is 0 Å². The highest BCUT2D eigenvalue weighted by molar-refractivity contribution is 6.23. The van der Waals surface area contributed by atoms with Gasteiger partial charge in [0.25, 0.3) is 5.56 Å². The number of aromatic amines is 1. The summed E-state index contributed by atoms with van der Waals surface area (Å²) < 4.78 is 1.39. The predicted octanol–water partition coefficient (Wildman–Crippen LogP) is 3.54. The predicted molar refractivity (Wildman–Crippen MR) is 121 cm³/mol. The highest BCUT2D eigenvalue weighted by atomic mass is 16.2. The minimum Gasteiger partial charge on any atom is -0.340 e. The quantitative estimate of drug-likeness (QED) is 0.639. The SMILES string of the molecule is Cn1c2c(c(=O)[nH]c1=O)[C@@H](c1ccc(C(C)(C)C)cc1)C1=C(N2)c2ccccc2C1=O. The van der Waals surface area contributed by atoms with Gasteiger partial charge >= 0.3 is 5.69 Å². The van der Waals surface area contributed by atoms with E-state index in [1.807, 2.05) is 42.5 Å². The molecule has 0 saturated carbocycles. The van der Waals surface area contributed by atoms with Crippen molar-refractivity contribution >= 4 is 17.3 Å². The van der Waals surface area contributed by atoms with Gasteiger partial charge in [-0.2, -0.15) is 0 Å². The van der Waals surface area contributed by atoms with Gasteiger partial charge in [0.1, 0.15) is 5.82 Å². The Kier molecular flexibility index (Phi) is 3.99. The van der Waals surface area contributed by atoms with E-state index >= 15 is 0 Å². The fourth-order valence-corrected chi connectivity index (χ4v) is 4.54. The zero-order chi connectivity index (χ0) is 22.1. The lowest BCUT2D eigenvalue weighted by molar-refractivity contribution is 0.103. The lowest BCUT2D eigenvalue weighted by atomic mass is 9.80. The van der Waals surface area contributed by atoms with Gasteiger partial charge in [0, 0.05) is 29.7 Å². The second-order valence-corrected chi connectivity index (χ2v) is 9.17. The molecule has 31 heavy (non-hydrogen) atoms. The van der Waals surface area contributed by atoms with Gasteiger partial charge in [-0.05, 0) is 16.5 Å². The van der Waals surface area contributed by atoms with Crippen LogP contribution in [0.2, 0.25) is 0 Å². The first-order chi connectivity index (χ1) is 14.7. The average Bonchev–Trinajstić information content (AvgIpc) is 3.02. The smallest absolute Gasteiger partial charge is 0.329 e. The van der Waals surface area contributed by atoms with E-state index in [0.29, 0.717) is 28.2 Å². The molecule has 1 aromatic heterocycles. The van der Waals surface area contributed by atoms with Crippen molar-refractivity contribution in [3.8, 4) is 0 Å². The van der Waals surface area contributed by atoms with Crippen LogP contribution >= 0.6 is 0 Å². The molecular weight excluding hydrogens is 390 g/mol. The third-order valence-corrected chi connectivity index (χ3v) is 6.25. The molecule has 5 rings (SSSR count). The molecule has 156 valence electrons. The molecule has 1 aliphatic heterocycles. The summed E-state index contributed by atoms with van der Waals surface area (Å²) in [6.07, 6.45) is 0. The molecule has 1 aliphatic carbocycles. The van der Waals surface area contributed by atoms with E-state index in [0.717, 1.165) is 16.7 Å². The molecule has 2 aliphatic rings. The van der Waals surface area contributed by atoms with Crippen LogP contribution in [0, 0.1) is 0 Å². The Labute approximate surface area is 179 Å². The number of fused-ring (bicyclic) bond motifs is 3. The molecule has 0 unspecified atom stereocenters. The third kappa shape index (κ3) is 2.75. The first-order valence-electron chi connectivity index (χ1n) is 10.3. The first kappa shape index (κ1) is 19.3. The summed E-state index contributed by atoms with van der Waals surface area (Å²) in [5, 5.41) is 3.23. The minimum absolute atomic E-state index is 0.0181. The number of benzene rings is 2. The second-order valence-electron chi connectivity index (χ2n) is 9.17. The van der Waals surface area contributed by atoms with Crippen LogP contribution in [0.25, 0.3) is 5.70 Å². The summed E-state index contributed by atoms with van der Waals surface area (Å²) in [5.41, 5.74) is 3.98. The number of carbonyl (C=O) groups excluding carboxylic acids is 1. The van der Waals surface area contributed by atoms with Crippen molar-refractivity contribution in [1.82, 2.24) is 9.55 Å². The molecule has 0 bridgehead atoms. The third-order valence-electron chi connectivity index (χ3n) is 6.25. The molecule has 0 saturated heterocycles. The lowest BCUT2D eigenvalue weighted by Crippen LogP contribution is -2.37. The maximum Gasteiger partial charge on any atom is 0.329 e. The molecule has 2 heterocycles. The van der Waals surface area contributed by atoms with Gasteiger partial charge in [-0.25, -0.2) is 4.79 Å². The summed E-state index contributed by atoms with van der Waals surface area (Å²) in [7, 11) is 1.61. The summed E-state index contributed by atoms with van der Waals surface area (Å²) in [4.78, 5) is 41.1. The number of hydrogen-bond acceptors (Lipinski definition) is 4. The van der Waals surface area contributed by atoms with Crippen molar-refractivity contribution < 1.29 is 4.79 Å². The number of ketones is 1. The van der Waals surface area contributed by atoms with E-state index in [2.05, 4.69) is 31.1 Å². The lowest BCUT2D eigenvalue weighted by Gasteiger charge is -2.29. The van der Waals surface area contributed by atoms with E-state index in [-0.39, 0.29) is 11.2 Å². The van der Waals surface area contributed by atoms with Crippen molar-refractivity contribution in [2.45, 2.75) is 32.1 Å². The summed E-state index contributed by atoms with van der Waals surface area (Å²) >= 11 is 0. The molecule has 3 aromatic rings. The number of hydrogen-bond donors (Lipinski definition) is 2. The largest absolute Gasteiger partial charge is 0.340 e. The number of carbonyl (C=O) groups is 1. The van der Waals surface area contributed by atoms with Crippen LogP contribution in [0.4, 0.5) is 5.82 Å². The van der Waals surface area contributed by atoms with E-state index in [4.69, 9.17) is 0 Å². The van der Waals surface area contributed by atoms with E-state index in [9.17, 15) is 14.4 Å². The van der Waals surface area contributed by atoms with Gasteiger partial charge in [-0.1, -0.05) is 69.3 Å². The van der Waals surface area contributed by atoms with E-state index in [1.54, 1.807) is 13.1 Å². The van der Waals surface area contributed by atoms with Gasteiger partial charge in [0.05, 0.1) is 11.3 Å². The highest BCUT2D eigenvalue weighted by Crippen LogP contribution is 2.47. The molecule has 0 amide bonds.